The maximum atomic E-state index is 6.05. The minimum absolute atomic E-state index is 0.694. The summed E-state index contributed by atoms with van der Waals surface area (Å²) in [5.74, 6) is 0.823. The average Bonchev–Trinajstić information content (AvgIpc) is 2.90. The number of nitrogens with two attached hydrogens (primary N) is 1. The van der Waals surface area contributed by atoms with Crippen molar-refractivity contribution in [1.29, 1.82) is 0 Å². The van der Waals surface area contributed by atoms with Crippen LogP contribution in [0.25, 0.3) is 33.2 Å². The van der Waals surface area contributed by atoms with Crippen molar-refractivity contribution in [2.45, 2.75) is 0 Å². The Hall–Kier alpha value is -2.52. The number of rotatable bonds is 1. The Morgan fingerprint density at radius 1 is 0.952 bits per heavy atom. The van der Waals surface area contributed by atoms with Gasteiger partial charge in [0.1, 0.15) is 5.82 Å². The third-order valence-corrected chi connectivity index (χ3v) is 3.89. The zero-order valence-corrected chi connectivity index (χ0v) is 11.9. The van der Waals surface area contributed by atoms with Gasteiger partial charge in [0.15, 0.2) is 0 Å². The molecule has 1 heterocycles. The molecule has 4 aromatic rings. The summed E-state index contributed by atoms with van der Waals surface area (Å²) in [6, 6.07) is 17.6. The molecular weight excluding hydrogens is 282 g/mol. The van der Waals surface area contributed by atoms with E-state index in [1.807, 2.05) is 48.5 Å². The number of benzene rings is 3. The van der Waals surface area contributed by atoms with Crippen molar-refractivity contribution in [2.75, 3.05) is 5.73 Å². The molecule has 0 fully saturated rings. The fourth-order valence-electron chi connectivity index (χ4n) is 2.64. The van der Waals surface area contributed by atoms with Crippen molar-refractivity contribution in [3.05, 3.63) is 59.6 Å². The van der Waals surface area contributed by atoms with Crippen LogP contribution in [0.4, 0.5) is 5.69 Å². The molecule has 0 spiro atoms. The molecule has 102 valence electrons. The molecule has 0 bridgehead atoms. The van der Waals surface area contributed by atoms with Crippen molar-refractivity contribution in [1.82, 2.24) is 9.97 Å². The molecule has 4 heteroatoms. The number of aromatic amines is 1. The molecule has 0 unspecified atom stereocenters. The highest BCUT2D eigenvalue weighted by Crippen LogP contribution is 2.31. The standard InChI is InChI=1S/C17H12ClN3/c18-10-5-8-15-16(9-10)21-17(20-15)13-6-7-14(19)12-4-2-1-3-11(12)13/h1-9H,19H2,(H,20,21). The highest BCUT2D eigenvalue weighted by molar-refractivity contribution is 6.31. The minimum atomic E-state index is 0.694. The molecule has 3 nitrogen and oxygen atoms in total. The van der Waals surface area contributed by atoms with E-state index in [2.05, 4.69) is 16.0 Å². The second-order valence-electron chi connectivity index (χ2n) is 4.99. The lowest BCUT2D eigenvalue weighted by Gasteiger charge is -2.06. The van der Waals surface area contributed by atoms with Crippen LogP contribution in [0.15, 0.2) is 54.6 Å². The van der Waals surface area contributed by atoms with Crippen molar-refractivity contribution >= 4 is 39.1 Å². The molecule has 3 aromatic carbocycles. The maximum absolute atomic E-state index is 6.05. The average molecular weight is 294 g/mol. The van der Waals surface area contributed by atoms with Crippen LogP contribution in [0, 0.1) is 0 Å². The van der Waals surface area contributed by atoms with Crippen molar-refractivity contribution < 1.29 is 0 Å². The molecular formula is C17H12ClN3. The fraction of sp³-hybridized carbons (Fsp3) is 0. The normalized spacial score (nSPS) is 11.3. The molecule has 0 amide bonds. The summed E-state index contributed by atoms with van der Waals surface area (Å²) in [6.45, 7) is 0. The van der Waals surface area contributed by atoms with Crippen LogP contribution in [0.2, 0.25) is 5.02 Å². The number of imidazole rings is 1. The summed E-state index contributed by atoms with van der Waals surface area (Å²) in [7, 11) is 0. The number of nitrogen functional groups attached to an aromatic ring is 1. The number of nitrogens with one attached hydrogen (secondary N) is 1. The monoisotopic (exact) mass is 293 g/mol. The molecule has 0 saturated heterocycles. The van der Waals surface area contributed by atoms with E-state index in [9.17, 15) is 0 Å². The van der Waals surface area contributed by atoms with E-state index in [4.69, 9.17) is 17.3 Å². The van der Waals surface area contributed by atoms with E-state index in [1.165, 1.54) is 0 Å². The lowest BCUT2D eigenvalue weighted by molar-refractivity contribution is 1.35. The van der Waals surface area contributed by atoms with E-state index in [0.717, 1.165) is 38.9 Å². The van der Waals surface area contributed by atoms with Gasteiger partial charge in [-0.2, -0.15) is 0 Å². The van der Waals surface area contributed by atoms with Gasteiger partial charge < -0.3 is 10.7 Å². The number of hydrogen-bond donors (Lipinski definition) is 2. The number of halogens is 1. The van der Waals surface area contributed by atoms with Crippen LogP contribution < -0.4 is 5.73 Å². The lowest BCUT2D eigenvalue weighted by atomic mass is 10.0. The Kier molecular flexibility index (Phi) is 2.62. The Labute approximate surface area is 126 Å². The van der Waals surface area contributed by atoms with Crippen LogP contribution >= 0.6 is 11.6 Å². The van der Waals surface area contributed by atoms with E-state index in [0.29, 0.717) is 5.02 Å². The molecule has 4 rings (SSSR count). The van der Waals surface area contributed by atoms with Gasteiger partial charge in [0.05, 0.1) is 11.0 Å². The summed E-state index contributed by atoms with van der Waals surface area (Å²) < 4.78 is 0. The highest BCUT2D eigenvalue weighted by Gasteiger charge is 2.10. The SMILES string of the molecule is Nc1ccc(-c2nc3ccc(Cl)cc3[nH]2)c2ccccc12. The van der Waals surface area contributed by atoms with Crippen LogP contribution in [0.1, 0.15) is 0 Å². The lowest BCUT2D eigenvalue weighted by Crippen LogP contribution is -1.89. The van der Waals surface area contributed by atoms with Gasteiger partial charge in [-0.3, -0.25) is 0 Å². The summed E-state index contributed by atoms with van der Waals surface area (Å²) in [5, 5.41) is 2.82. The molecule has 0 aliphatic heterocycles. The van der Waals surface area contributed by atoms with Crippen LogP contribution in [-0.2, 0) is 0 Å². The van der Waals surface area contributed by atoms with Gasteiger partial charge in [-0.05, 0) is 35.7 Å². The zero-order chi connectivity index (χ0) is 14.4. The first-order chi connectivity index (χ1) is 10.2. The predicted octanol–water partition coefficient (Wildman–Crippen LogP) is 4.62. The van der Waals surface area contributed by atoms with Gasteiger partial charge in [-0.25, -0.2) is 4.98 Å². The summed E-state index contributed by atoms with van der Waals surface area (Å²) >= 11 is 6.03. The largest absolute Gasteiger partial charge is 0.398 e. The van der Waals surface area contributed by atoms with Gasteiger partial charge in [0.25, 0.3) is 0 Å². The third-order valence-electron chi connectivity index (χ3n) is 3.66. The smallest absolute Gasteiger partial charge is 0.139 e. The first-order valence-electron chi connectivity index (χ1n) is 6.65. The van der Waals surface area contributed by atoms with Gasteiger partial charge in [-0.15, -0.1) is 0 Å². The summed E-state index contributed by atoms with van der Waals surface area (Å²) in [6.07, 6.45) is 0. The molecule has 0 saturated carbocycles. The van der Waals surface area contributed by atoms with Crippen LogP contribution in [0.3, 0.4) is 0 Å². The number of H-pyrrole nitrogens is 1. The second-order valence-corrected chi connectivity index (χ2v) is 5.43. The molecule has 0 atom stereocenters. The van der Waals surface area contributed by atoms with Crippen molar-refractivity contribution in [3.63, 3.8) is 0 Å². The quantitative estimate of drug-likeness (QED) is 0.503. The Balaban J connectivity index is 2.02. The van der Waals surface area contributed by atoms with E-state index >= 15 is 0 Å². The van der Waals surface area contributed by atoms with E-state index < -0.39 is 0 Å². The molecule has 1 aromatic heterocycles. The van der Waals surface area contributed by atoms with Gasteiger partial charge in [0, 0.05) is 21.7 Å². The Morgan fingerprint density at radius 3 is 2.62 bits per heavy atom. The highest BCUT2D eigenvalue weighted by atomic mass is 35.5. The summed E-state index contributed by atoms with van der Waals surface area (Å²) in [5.41, 5.74) is 9.68. The fourth-order valence-corrected chi connectivity index (χ4v) is 2.81. The number of fused-ring (bicyclic) bond motifs is 2. The minimum Gasteiger partial charge on any atom is -0.398 e. The third kappa shape index (κ3) is 1.94. The Bertz CT molecular complexity index is 972. The zero-order valence-electron chi connectivity index (χ0n) is 11.1. The van der Waals surface area contributed by atoms with Gasteiger partial charge in [0.2, 0.25) is 0 Å². The number of aromatic nitrogens is 2. The second kappa shape index (κ2) is 4.50. The molecule has 0 aliphatic carbocycles. The van der Waals surface area contributed by atoms with E-state index in [-0.39, 0.29) is 0 Å². The van der Waals surface area contributed by atoms with Gasteiger partial charge in [-0.1, -0.05) is 35.9 Å². The molecule has 0 radical (unpaired) electrons. The maximum Gasteiger partial charge on any atom is 0.139 e. The van der Waals surface area contributed by atoms with Crippen molar-refractivity contribution in [3.8, 4) is 11.4 Å². The molecule has 0 aliphatic rings. The number of anilines is 1. The van der Waals surface area contributed by atoms with Crippen molar-refractivity contribution in [2.24, 2.45) is 0 Å². The molecule has 3 N–H and O–H groups in total. The van der Waals surface area contributed by atoms with Crippen LogP contribution in [-0.4, -0.2) is 9.97 Å². The number of hydrogen-bond acceptors (Lipinski definition) is 2. The molecule has 21 heavy (non-hydrogen) atoms. The van der Waals surface area contributed by atoms with E-state index in [1.54, 1.807) is 0 Å². The first-order valence-corrected chi connectivity index (χ1v) is 7.03. The summed E-state index contributed by atoms with van der Waals surface area (Å²) in [4.78, 5) is 7.98. The first kappa shape index (κ1) is 12.2. The van der Waals surface area contributed by atoms with Gasteiger partial charge >= 0.3 is 0 Å². The Morgan fingerprint density at radius 2 is 1.76 bits per heavy atom. The predicted molar refractivity (Wildman–Crippen MR) is 88.5 cm³/mol. The van der Waals surface area contributed by atoms with Crippen LogP contribution in [0.5, 0.6) is 0 Å². The topological polar surface area (TPSA) is 54.7 Å². The number of nitrogens with zero attached hydrogens (tertiary/aromatic N) is 1.